The van der Waals surface area contributed by atoms with E-state index in [0.29, 0.717) is 53.6 Å². The van der Waals surface area contributed by atoms with Crippen molar-refractivity contribution in [2.24, 2.45) is 0 Å². The lowest BCUT2D eigenvalue weighted by molar-refractivity contribution is -0.136. The minimum Gasteiger partial charge on any atom is -0.491 e. The Labute approximate surface area is 326 Å². The third-order valence-electron chi connectivity index (χ3n) is 9.75. The van der Waals surface area contributed by atoms with Gasteiger partial charge in [0.05, 0.1) is 35.5 Å². The Bertz CT molecular complexity index is 2330. The van der Waals surface area contributed by atoms with E-state index >= 15 is 0 Å². The molecule has 2 fully saturated rings. The van der Waals surface area contributed by atoms with Crippen LogP contribution in [0.3, 0.4) is 0 Å². The second-order valence-electron chi connectivity index (χ2n) is 14.2. The number of nitrogens with zero attached hydrogens (tertiary/aromatic N) is 5. The molecule has 0 aliphatic carbocycles. The smallest absolute Gasteiger partial charge is 0.293 e. The monoisotopic (exact) mass is 785 g/mol. The Morgan fingerprint density at radius 1 is 1.04 bits per heavy atom. The number of amides is 4. The Balaban J connectivity index is 1.04. The number of carbonyl (C=O) groups is 5. The van der Waals surface area contributed by atoms with Crippen LogP contribution in [0.2, 0.25) is 5.02 Å². The number of nitrogens with one attached hydrogen (secondary N) is 2. The van der Waals surface area contributed by atoms with Crippen LogP contribution in [-0.2, 0) is 19.1 Å². The first-order valence-electron chi connectivity index (χ1n) is 18.3. The summed E-state index contributed by atoms with van der Waals surface area (Å²) in [6.45, 7) is 8.22. The lowest BCUT2D eigenvalue weighted by Gasteiger charge is -2.36. The predicted molar refractivity (Wildman–Crippen MR) is 205 cm³/mol. The first kappa shape index (κ1) is 38.4. The highest BCUT2D eigenvalue weighted by atomic mass is 35.5. The van der Waals surface area contributed by atoms with Crippen molar-refractivity contribution in [1.29, 1.82) is 0 Å². The van der Waals surface area contributed by atoms with E-state index in [0.717, 1.165) is 4.90 Å². The third-order valence-corrected chi connectivity index (χ3v) is 10.0. The minimum absolute atomic E-state index is 0.0314. The molecule has 0 spiro atoms. The number of rotatable bonds is 12. The van der Waals surface area contributed by atoms with E-state index in [9.17, 15) is 28.8 Å². The Morgan fingerprint density at radius 3 is 2.57 bits per heavy atom. The van der Waals surface area contributed by atoms with Gasteiger partial charge in [0.1, 0.15) is 36.1 Å². The number of anilines is 3. The number of carbonyl (C=O) groups excluding carboxylic acids is 5. The third kappa shape index (κ3) is 7.66. The van der Waals surface area contributed by atoms with Crippen molar-refractivity contribution >= 4 is 69.4 Å². The number of ketones is 1. The maximum atomic E-state index is 13.3. The molecule has 5 heterocycles. The van der Waals surface area contributed by atoms with E-state index in [1.807, 2.05) is 43.9 Å². The number of benzene rings is 2. The van der Waals surface area contributed by atoms with E-state index in [2.05, 4.69) is 15.6 Å². The molecule has 0 bridgehead atoms. The van der Waals surface area contributed by atoms with Gasteiger partial charge in [0.2, 0.25) is 17.8 Å². The molecule has 3 atom stereocenters. The highest BCUT2D eigenvalue weighted by Crippen LogP contribution is 2.32. The fraction of sp³-hybridized carbons (Fsp3) is 0.385. The zero-order chi connectivity index (χ0) is 39.8. The summed E-state index contributed by atoms with van der Waals surface area (Å²) in [5.74, 6) is -1.27. The first-order valence-corrected chi connectivity index (χ1v) is 18.7. The molecule has 0 saturated carbocycles. The van der Waals surface area contributed by atoms with Gasteiger partial charge in [-0.3, -0.25) is 39.0 Å². The SMILES string of the molecule is CCC(=O)COc1cc2cc(Nc3nc(N4C[C@@H](COc5ccc6c(c5)C(=O)N(C5CCC(=O)NC5=O)C6=O)O[C@H](C)C4)ncc3Cl)ccc2n(C(C)C)c1=O. The number of hydrogen-bond acceptors (Lipinski definition) is 13. The number of pyridine rings is 1. The highest BCUT2D eigenvalue weighted by molar-refractivity contribution is 6.33. The number of aromatic nitrogens is 3. The van der Waals surface area contributed by atoms with Gasteiger partial charge >= 0.3 is 0 Å². The van der Waals surface area contributed by atoms with Crippen LogP contribution in [0.1, 0.15) is 73.7 Å². The number of hydrogen-bond donors (Lipinski definition) is 2. The van der Waals surface area contributed by atoms with Crippen LogP contribution in [0.25, 0.3) is 10.9 Å². The molecule has 16 nitrogen and oxygen atoms in total. The fourth-order valence-corrected chi connectivity index (χ4v) is 7.18. The summed E-state index contributed by atoms with van der Waals surface area (Å²) < 4.78 is 19.5. The van der Waals surface area contributed by atoms with Crippen LogP contribution in [0, 0.1) is 0 Å². The van der Waals surface area contributed by atoms with Crippen LogP contribution in [-0.4, -0.2) is 93.4 Å². The van der Waals surface area contributed by atoms with E-state index < -0.39 is 35.8 Å². The second-order valence-corrected chi connectivity index (χ2v) is 14.6. The molecule has 2 aromatic heterocycles. The van der Waals surface area contributed by atoms with Crippen molar-refractivity contribution in [3.63, 3.8) is 0 Å². The zero-order valence-corrected chi connectivity index (χ0v) is 31.9. The van der Waals surface area contributed by atoms with E-state index in [1.54, 1.807) is 23.6 Å². The summed E-state index contributed by atoms with van der Waals surface area (Å²) in [4.78, 5) is 87.7. The number of ether oxygens (including phenoxy) is 3. The Morgan fingerprint density at radius 2 is 1.82 bits per heavy atom. The van der Waals surface area contributed by atoms with E-state index in [-0.39, 0.29) is 71.4 Å². The standard InChI is InChI=1S/C39H40ClN7O9/c1-5-24(48)18-55-32-13-22-12-23(6-9-30(22)46(20(2)3)38(32)53)42-34-29(40)15-41-39(44-34)45-16-21(4)56-26(17-45)19-54-25-7-8-27-28(14-25)37(52)47(36(27)51)31-10-11-33(49)43-35(31)50/h6-9,12-15,20-21,26,31H,5,10-11,16-19H2,1-4H3,(H,41,42,44)(H,43,49,50)/t21-,26+,31?/m1/s1. The quantitative estimate of drug-likeness (QED) is 0.195. The lowest BCUT2D eigenvalue weighted by atomic mass is 10.0. The summed E-state index contributed by atoms with van der Waals surface area (Å²) in [5.41, 5.74) is 1.29. The molecular formula is C39H40ClN7O9. The number of halogens is 1. The maximum Gasteiger partial charge on any atom is 0.293 e. The van der Waals surface area contributed by atoms with E-state index in [4.69, 9.17) is 30.8 Å². The van der Waals surface area contributed by atoms with Gasteiger partial charge < -0.3 is 29.0 Å². The van der Waals surface area contributed by atoms with Gasteiger partial charge in [0, 0.05) is 36.5 Å². The van der Waals surface area contributed by atoms with Crippen molar-refractivity contribution in [3.8, 4) is 11.5 Å². The molecule has 1 unspecified atom stereocenters. The minimum atomic E-state index is -1.06. The molecule has 2 aromatic carbocycles. The number of fused-ring (bicyclic) bond motifs is 2. The Hall–Kier alpha value is -5.87. The molecule has 3 aliphatic heterocycles. The van der Waals surface area contributed by atoms with Gasteiger partial charge in [0.15, 0.2) is 17.4 Å². The molecular weight excluding hydrogens is 746 g/mol. The summed E-state index contributed by atoms with van der Waals surface area (Å²) in [6, 6.07) is 10.4. The average molecular weight is 786 g/mol. The van der Waals surface area contributed by atoms with Crippen LogP contribution in [0.4, 0.5) is 17.5 Å². The first-order chi connectivity index (χ1) is 26.8. The van der Waals surface area contributed by atoms with Gasteiger partial charge in [0.25, 0.3) is 17.4 Å². The molecule has 7 rings (SSSR count). The summed E-state index contributed by atoms with van der Waals surface area (Å²) >= 11 is 6.57. The molecule has 4 aromatic rings. The molecule has 3 aliphatic rings. The largest absolute Gasteiger partial charge is 0.491 e. The van der Waals surface area contributed by atoms with Crippen molar-refractivity contribution < 1.29 is 38.2 Å². The van der Waals surface area contributed by atoms with Gasteiger partial charge in [-0.05, 0) is 69.7 Å². The molecule has 4 amide bonds. The van der Waals surface area contributed by atoms with Crippen molar-refractivity contribution in [2.45, 2.75) is 71.2 Å². The zero-order valence-electron chi connectivity index (χ0n) is 31.2. The summed E-state index contributed by atoms with van der Waals surface area (Å²) in [7, 11) is 0. The Kier molecular flexibility index (Phi) is 10.8. The van der Waals surface area contributed by atoms with E-state index in [1.165, 1.54) is 18.3 Å². The number of imide groups is 2. The van der Waals surface area contributed by atoms with Gasteiger partial charge in [-0.25, -0.2) is 4.98 Å². The predicted octanol–water partition coefficient (Wildman–Crippen LogP) is 4.20. The van der Waals surface area contributed by atoms with Gasteiger partial charge in [-0.2, -0.15) is 4.98 Å². The summed E-state index contributed by atoms with van der Waals surface area (Å²) in [6.07, 6.45) is 1.25. The number of morpholine rings is 1. The van der Waals surface area contributed by atoms with Gasteiger partial charge in [-0.1, -0.05) is 18.5 Å². The average Bonchev–Trinajstić information content (AvgIpc) is 3.41. The van der Waals surface area contributed by atoms with Crippen molar-refractivity contribution in [3.05, 3.63) is 75.2 Å². The molecule has 292 valence electrons. The van der Waals surface area contributed by atoms with Crippen LogP contribution in [0.5, 0.6) is 11.5 Å². The van der Waals surface area contributed by atoms with Gasteiger partial charge in [-0.15, -0.1) is 0 Å². The summed E-state index contributed by atoms with van der Waals surface area (Å²) in [5, 5.41) is 6.46. The van der Waals surface area contributed by atoms with Crippen molar-refractivity contribution in [2.75, 3.05) is 36.5 Å². The maximum absolute atomic E-state index is 13.3. The molecule has 0 radical (unpaired) electrons. The fourth-order valence-electron chi connectivity index (χ4n) is 7.04. The molecule has 2 N–H and O–H groups in total. The lowest BCUT2D eigenvalue weighted by Crippen LogP contribution is -2.54. The number of Topliss-reactive ketones (excluding diaryl/α,β-unsaturated/α-hetero) is 1. The number of piperidine rings is 1. The second kappa shape index (κ2) is 15.7. The topological polar surface area (TPSA) is 191 Å². The molecule has 2 saturated heterocycles. The van der Waals surface area contributed by atoms with Crippen molar-refractivity contribution in [1.82, 2.24) is 24.8 Å². The molecule has 17 heteroatoms. The molecule has 56 heavy (non-hydrogen) atoms. The van der Waals surface area contributed by atoms with Crippen LogP contribution < -0.4 is 30.6 Å². The van der Waals surface area contributed by atoms with Crippen LogP contribution >= 0.6 is 11.6 Å². The highest BCUT2D eigenvalue weighted by Gasteiger charge is 2.44. The van der Waals surface area contributed by atoms with Crippen LogP contribution in [0.15, 0.2) is 53.5 Å². The normalized spacial score (nSPS) is 19.7.